The molecular formula is C21H29FN4OSi. The number of hydrogen-bond donors (Lipinski definition) is 0. The lowest BCUT2D eigenvalue weighted by molar-refractivity contribution is 0.271. The van der Waals surface area contributed by atoms with Gasteiger partial charge in [-0.1, -0.05) is 20.8 Å². The van der Waals surface area contributed by atoms with Gasteiger partial charge < -0.3 is 9.33 Å². The summed E-state index contributed by atoms with van der Waals surface area (Å²) in [4.78, 5) is 15.5. The van der Waals surface area contributed by atoms with E-state index in [1.165, 1.54) is 12.8 Å². The zero-order chi connectivity index (χ0) is 20.1. The summed E-state index contributed by atoms with van der Waals surface area (Å²) < 4.78 is 21.5. The second kappa shape index (κ2) is 6.88. The maximum atomic E-state index is 15.2. The molecule has 0 bridgehead atoms. The van der Waals surface area contributed by atoms with Gasteiger partial charge in [-0.2, -0.15) is 0 Å². The van der Waals surface area contributed by atoms with E-state index in [9.17, 15) is 0 Å². The number of pyridine rings is 1. The molecule has 0 unspecified atom stereocenters. The lowest BCUT2D eigenvalue weighted by atomic mass is 10.2. The summed E-state index contributed by atoms with van der Waals surface area (Å²) in [5.74, 6) is 1.54. The van der Waals surface area contributed by atoms with Crippen molar-refractivity contribution >= 4 is 14.1 Å². The average Bonchev–Trinajstić information content (AvgIpc) is 3.39. The van der Waals surface area contributed by atoms with E-state index in [4.69, 9.17) is 9.41 Å². The largest absolute Gasteiger partial charge is 0.412 e. The standard InChI is InChI=1S/C21H29FN4OSi/c1-21(2,3)28(4,5)27-13-15-8-9-23-20(18(15)22)26-11-16-10-24-19(14-6-7-14)25-17(16)12-26/h8-10,14H,6-7,11-13H2,1-5H3. The Kier molecular flexibility index (Phi) is 4.78. The van der Waals surface area contributed by atoms with Crippen LogP contribution in [-0.2, 0) is 24.1 Å². The van der Waals surface area contributed by atoms with Crippen LogP contribution in [0.1, 0.15) is 62.2 Å². The number of halogens is 1. The van der Waals surface area contributed by atoms with Gasteiger partial charge in [0.1, 0.15) is 5.82 Å². The summed E-state index contributed by atoms with van der Waals surface area (Å²) in [6, 6.07) is 1.72. The molecule has 0 radical (unpaired) electrons. The van der Waals surface area contributed by atoms with Gasteiger partial charge in [-0.3, -0.25) is 0 Å². The van der Waals surface area contributed by atoms with Crippen LogP contribution in [0.25, 0.3) is 0 Å². The van der Waals surface area contributed by atoms with Gasteiger partial charge in [-0.25, -0.2) is 19.3 Å². The third kappa shape index (κ3) is 3.69. The van der Waals surface area contributed by atoms with Crippen molar-refractivity contribution in [1.82, 2.24) is 15.0 Å². The SMILES string of the molecule is CC(C)(C)[Si](C)(C)OCc1ccnc(N2Cc3cnc(C4CC4)nc3C2)c1F. The maximum Gasteiger partial charge on any atom is 0.192 e. The van der Waals surface area contributed by atoms with Gasteiger partial charge in [-0.15, -0.1) is 0 Å². The Labute approximate surface area is 167 Å². The molecule has 0 atom stereocenters. The minimum Gasteiger partial charge on any atom is -0.412 e. The van der Waals surface area contributed by atoms with Crippen LogP contribution in [0.3, 0.4) is 0 Å². The number of nitrogens with zero attached hydrogens (tertiary/aromatic N) is 4. The van der Waals surface area contributed by atoms with Crippen LogP contribution in [0.15, 0.2) is 18.5 Å². The molecule has 2 aliphatic rings. The highest BCUT2D eigenvalue weighted by atomic mass is 28.4. The first-order valence-electron chi connectivity index (χ1n) is 10.0. The van der Waals surface area contributed by atoms with Gasteiger partial charge in [0.2, 0.25) is 0 Å². The zero-order valence-electron chi connectivity index (χ0n) is 17.4. The summed E-state index contributed by atoms with van der Waals surface area (Å²) >= 11 is 0. The van der Waals surface area contributed by atoms with Crippen molar-refractivity contribution in [2.24, 2.45) is 0 Å². The van der Waals surface area contributed by atoms with E-state index in [1.54, 1.807) is 12.3 Å². The van der Waals surface area contributed by atoms with Crippen LogP contribution in [-0.4, -0.2) is 23.3 Å². The molecule has 150 valence electrons. The Morgan fingerprint density at radius 3 is 2.64 bits per heavy atom. The molecule has 1 aliphatic carbocycles. The molecular weight excluding hydrogens is 371 g/mol. The number of rotatable bonds is 5. The van der Waals surface area contributed by atoms with Crippen LogP contribution in [0.2, 0.25) is 18.1 Å². The van der Waals surface area contributed by atoms with E-state index in [1.807, 2.05) is 11.1 Å². The molecule has 1 aliphatic heterocycles. The smallest absolute Gasteiger partial charge is 0.192 e. The first-order chi connectivity index (χ1) is 13.2. The van der Waals surface area contributed by atoms with Gasteiger partial charge in [0, 0.05) is 36.0 Å². The fourth-order valence-corrected chi connectivity index (χ4v) is 4.08. The molecule has 4 rings (SSSR count). The van der Waals surface area contributed by atoms with Gasteiger partial charge in [0.15, 0.2) is 20.0 Å². The molecule has 1 saturated carbocycles. The average molecular weight is 401 g/mol. The Balaban J connectivity index is 1.51. The van der Waals surface area contributed by atoms with Gasteiger partial charge in [-0.05, 0) is 37.0 Å². The summed E-state index contributed by atoms with van der Waals surface area (Å²) in [5, 5.41) is 0.0911. The summed E-state index contributed by atoms with van der Waals surface area (Å²) in [6.07, 6.45) is 5.93. The number of fused-ring (bicyclic) bond motifs is 1. The highest BCUT2D eigenvalue weighted by Crippen LogP contribution is 2.39. The van der Waals surface area contributed by atoms with Crippen LogP contribution in [0.5, 0.6) is 0 Å². The molecule has 0 saturated heterocycles. The highest BCUT2D eigenvalue weighted by Gasteiger charge is 2.37. The van der Waals surface area contributed by atoms with E-state index in [-0.39, 0.29) is 17.5 Å². The normalized spacial score (nSPS) is 17.1. The van der Waals surface area contributed by atoms with Gasteiger partial charge in [0.05, 0.1) is 18.8 Å². The maximum absolute atomic E-state index is 15.2. The first kappa shape index (κ1) is 19.5. The van der Waals surface area contributed by atoms with Crippen molar-refractivity contribution in [3.63, 3.8) is 0 Å². The van der Waals surface area contributed by atoms with Crippen molar-refractivity contribution in [3.05, 3.63) is 46.9 Å². The van der Waals surface area contributed by atoms with Crippen LogP contribution >= 0.6 is 0 Å². The van der Waals surface area contributed by atoms with Crippen molar-refractivity contribution < 1.29 is 8.82 Å². The van der Waals surface area contributed by atoms with Gasteiger partial charge in [0.25, 0.3) is 0 Å². The fraction of sp³-hybridized carbons (Fsp3) is 0.571. The third-order valence-corrected chi connectivity index (χ3v) is 10.7. The molecule has 2 aromatic rings. The van der Waals surface area contributed by atoms with E-state index in [2.05, 4.69) is 43.8 Å². The third-order valence-electron chi connectivity index (χ3n) is 6.26. The van der Waals surface area contributed by atoms with E-state index < -0.39 is 8.32 Å². The quantitative estimate of drug-likeness (QED) is 0.666. The molecule has 3 heterocycles. The molecule has 28 heavy (non-hydrogen) atoms. The molecule has 5 nitrogen and oxygen atoms in total. The summed E-state index contributed by atoms with van der Waals surface area (Å²) in [6.45, 7) is 12.4. The molecule has 0 amide bonds. The lowest BCUT2D eigenvalue weighted by Crippen LogP contribution is -2.40. The lowest BCUT2D eigenvalue weighted by Gasteiger charge is -2.36. The second-order valence-electron chi connectivity index (χ2n) is 9.49. The molecule has 0 spiro atoms. The van der Waals surface area contributed by atoms with Gasteiger partial charge >= 0.3 is 0 Å². The molecule has 0 N–H and O–H groups in total. The van der Waals surface area contributed by atoms with Crippen molar-refractivity contribution in [2.45, 2.75) is 77.4 Å². The van der Waals surface area contributed by atoms with E-state index in [0.29, 0.717) is 30.4 Å². The monoisotopic (exact) mass is 400 g/mol. The summed E-state index contributed by atoms with van der Waals surface area (Å²) in [7, 11) is -1.94. The van der Waals surface area contributed by atoms with Crippen LogP contribution in [0.4, 0.5) is 10.2 Å². The zero-order valence-corrected chi connectivity index (χ0v) is 18.4. The second-order valence-corrected chi connectivity index (χ2v) is 14.3. The highest BCUT2D eigenvalue weighted by molar-refractivity contribution is 6.74. The predicted molar refractivity (Wildman–Crippen MR) is 110 cm³/mol. The van der Waals surface area contributed by atoms with Crippen LogP contribution < -0.4 is 4.90 Å². The topological polar surface area (TPSA) is 51.1 Å². The number of hydrogen-bond acceptors (Lipinski definition) is 5. The molecule has 7 heteroatoms. The number of anilines is 1. The molecule has 1 fully saturated rings. The van der Waals surface area contributed by atoms with E-state index >= 15 is 4.39 Å². The molecule has 2 aromatic heterocycles. The minimum absolute atomic E-state index is 0.0911. The Morgan fingerprint density at radius 2 is 1.96 bits per heavy atom. The van der Waals surface area contributed by atoms with Crippen molar-refractivity contribution in [1.29, 1.82) is 0 Å². The minimum atomic E-state index is -1.94. The van der Waals surface area contributed by atoms with Crippen LogP contribution in [0, 0.1) is 5.82 Å². The molecule has 0 aromatic carbocycles. The first-order valence-corrected chi connectivity index (χ1v) is 12.9. The van der Waals surface area contributed by atoms with E-state index in [0.717, 1.165) is 17.1 Å². The Morgan fingerprint density at radius 1 is 1.21 bits per heavy atom. The fourth-order valence-electron chi connectivity index (χ4n) is 3.13. The predicted octanol–water partition coefficient (Wildman–Crippen LogP) is 4.93. The Hall–Kier alpha value is -1.86. The van der Waals surface area contributed by atoms with Crippen molar-refractivity contribution in [2.75, 3.05) is 4.90 Å². The van der Waals surface area contributed by atoms with Crippen molar-refractivity contribution in [3.8, 4) is 0 Å². The Bertz CT molecular complexity index is 892. The number of aromatic nitrogens is 3. The summed E-state index contributed by atoms with van der Waals surface area (Å²) in [5.41, 5.74) is 2.63.